The summed E-state index contributed by atoms with van der Waals surface area (Å²) in [7, 11) is 6.35. The van der Waals surface area contributed by atoms with Crippen LogP contribution in [0.4, 0.5) is 5.69 Å². The topological polar surface area (TPSA) is 131 Å². The predicted molar refractivity (Wildman–Crippen MR) is 194 cm³/mol. The molecule has 0 spiro atoms. The zero-order valence-corrected chi connectivity index (χ0v) is 29.8. The van der Waals surface area contributed by atoms with Crippen molar-refractivity contribution >= 4 is 28.4 Å². The van der Waals surface area contributed by atoms with E-state index in [1.165, 1.54) is 6.92 Å². The van der Waals surface area contributed by atoms with Crippen LogP contribution in [0.5, 0.6) is 23.0 Å². The highest BCUT2D eigenvalue weighted by Gasteiger charge is 2.33. The molecule has 1 aliphatic carbocycles. The molecule has 2 heterocycles. The average Bonchev–Trinajstić information content (AvgIpc) is 3.33. The molecule has 6 rings (SSSR count). The van der Waals surface area contributed by atoms with Gasteiger partial charge >= 0.3 is 0 Å². The van der Waals surface area contributed by atoms with Gasteiger partial charge in [0.15, 0.2) is 11.5 Å². The Kier molecular flexibility index (Phi) is 9.95. The number of aromatic amines is 1. The third kappa shape index (κ3) is 6.32. The second-order valence-electron chi connectivity index (χ2n) is 13.1. The van der Waals surface area contributed by atoms with Crippen molar-refractivity contribution < 1.29 is 28.5 Å². The lowest BCUT2D eigenvalue weighted by atomic mass is 9.95. The van der Waals surface area contributed by atoms with E-state index in [2.05, 4.69) is 15.6 Å². The van der Waals surface area contributed by atoms with Crippen LogP contribution in [-0.2, 0) is 29.0 Å². The Morgan fingerprint density at radius 3 is 2.44 bits per heavy atom. The first-order chi connectivity index (χ1) is 24.1. The molecule has 11 nitrogen and oxygen atoms in total. The largest absolute Gasteiger partial charge is 0.497 e. The van der Waals surface area contributed by atoms with Crippen molar-refractivity contribution in [3.8, 4) is 34.1 Å². The van der Waals surface area contributed by atoms with Crippen LogP contribution in [-0.4, -0.2) is 62.7 Å². The number of carbonyl (C=O) groups excluding carboxylic acids is 2. The average molecular weight is 683 g/mol. The van der Waals surface area contributed by atoms with Gasteiger partial charge in [0.1, 0.15) is 11.8 Å². The maximum atomic E-state index is 14.4. The standard InChI is InChI=1S/C39H46N4O7/c1-8-21(2)36(39(46)43-16-15-31-28(20-43)26-18-24(47-4)10-13-30(26)41-31)42-32-14-11-25-27(19-33(32)45)29(40-22(3)44)12-9-23-17-34(48-5)37(49-6)38(50-7)35(23)25/h10-11,13-14,17-19,21,29,36,41H,8-9,12,15-16,20H2,1-7H3,(H,40,44)(H,42,45)/t21-,29+,36+/m0/s1. The zero-order chi connectivity index (χ0) is 35.7. The van der Waals surface area contributed by atoms with Crippen molar-refractivity contribution in [3.63, 3.8) is 0 Å². The second kappa shape index (κ2) is 14.3. The van der Waals surface area contributed by atoms with E-state index in [1.807, 2.05) is 49.1 Å². The molecule has 1 aromatic heterocycles. The fourth-order valence-corrected chi connectivity index (χ4v) is 7.38. The summed E-state index contributed by atoms with van der Waals surface area (Å²) in [6, 6.07) is 12.0. The molecule has 4 aromatic rings. The molecule has 11 heteroatoms. The number of anilines is 1. The quantitative estimate of drug-likeness (QED) is 0.192. The number of benzene rings is 2. The lowest BCUT2D eigenvalue weighted by Gasteiger charge is -2.33. The minimum Gasteiger partial charge on any atom is -0.497 e. The molecule has 0 saturated heterocycles. The molecule has 3 atom stereocenters. The van der Waals surface area contributed by atoms with E-state index in [4.69, 9.17) is 18.9 Å². The molecule has 0 saturated carbocycles. The third-order valence-corrected chi connectivity index (χ3v) is 10.2. The number of H-pyrrole nitrogens is 1. The van der Waals surface area contributed by atoms with E-state index in [1.54, 1.807) is 40.6 Å². The molecule has 0 bridgehead atoms. The smallest absolute Gasteiger partial charge is 0.245 e. The molecular formula is C39H46N4O7. The normalized spacial score (nSPS) is 16.2. The van der Waals surface area contributed by atoms with Crippen LogP contribution in [0.1, 0.15) is 62.0 Å². The minimum absolute atomic E-state index is 0.0605. The highest BCUT2D eigenvalue weighted by Crippen LogP contribution is 2.50. The van der Waals surface area contributed by atoms with Crippen molar-refractivity contribution in [2.45, 2.75) is 65.1 Å². The van der Waals surface area contributed by atoms with Crippen LogP contribution >= 0.6 is 0 Å². The number of hydrogen-bond donors (Lipinski definition) is 3. The molecule has 2 amide bonds. The zero-order valence-electron chi connectivity index (χ0n) is 29.8. The van der Waals surface area contributed by atoms with Crippen molar-refractivity contribution in [2.24, 2.45) is 5.92 Å². The molecule has 3 N–H and O–H groups in total. The minimum atomic E-state index is -0.645. The number of hydrogen-bond acceptors (Lipinski definition) is 8. The van der Waals surface area contributed by atoms with Gasteiger partial charge in [-0.05, 0) is 71.8 Å². The fraction of sp³-hybridized carbons (Fsp3) is 0.410. The number of aryl methyl sites for hydroxylation is 1. The Balaban J connectivity index is 1.41. The Morgan fingerprint density at radius 1 is 0.980 bits per heavy atom. The second-order valence-corrected chi connectivity index (χ2v) is 13.1. The molecule has 0 radical (unpaired) electrons. The molecule has 3 aromatic carbocycles. The summed E-state index contributed by atoms with van der Waals surface area (Å²) in [4.78, 5) is 46.3. The van der Waals surface area contributed by atoms with Gasteiger partial charge in [0.2, 0.25) is 23.0 Å². The number of nitrogens with zero attached hydrogens (tertiary/aromatic N) is 1. The lowest BCUT2D eigenvalue weighted by molar-refractivity contribution is -0.134. The fourth-order valence-electron chi connectivity index (χ4n) is 7.38. The Labute approximate surface area is 292 Å². The molecule has 0 unspecified atom stereocenters. The van der Waals surface area contributed by atoms with Crippen LogP contribution in [0, 0.1) is 5.92 Å². The Hall–Kier alpha value is -5.19. The van der Waals surface area contributed by atoms with Gasteiger partial charge in [-0.15, -0.1) is 0 Å². The van der Waals surface area contributed by atoms with Gasteiger partial charge in [-0.2, -0.15) is 0 Å². The highest BCUT2D eigenvalue weighted by molar-refractivity contribution is 5.89. The summed E-state index contributed by atoms with van der Waals surface area (Å²) in [6.45, 7) is 6.55. The summed E-state index contributed by atoms with van der Waals surface area (Å²) in [6.07, 6.45) is 2.58. The SMILES string of the molecule is CC[C@H](C)[C@@H](Nc1ccc2c(cc1=O)[C@H](NC(C)=O)CCc1cc(OC)c(OC)c(OC)c1-2)C(=O)N1CCc2[nH]c3ccc(OC)cc3c2C1. The number of carbonyl (C=O) groups is 2. The number of ether oxygens (including phenoxy) is 4. The monoisotopic (exact) mass is 682 g/mol. The van der Waals surface area contributed by atoms with Crippen molar-refractivity contribution in [1.82, 2.24) is 15.2 Å². The van der Waals surface area contributed by atoms with Crippen LogP contribution in [0.2, 0.25) is 0 Å². The van der Waals surface area contributed by atoms with Crippen molar-refractivity contribution in [2.75, 3.05) is 40.3 Å². The molecule has 1 aliphatic heterocycles. The van der Waals surface area contributed by atoms with E-state index in [-0.39, 0.29) is 23.2 Å². The van der Waals surface area contributed by atoms with Gasteiger partial charge in [0.05, 0.1) is 40.2 Å². The van der Waals surface area contributed by atoms with Crippen LogP contribution in [0.25, 0.3) is 22.0 Å². The van der Waals surface area contributed by atoms with Gasteiger partial charge in [0, 0.05) is 54.2 Å². The summed E-state index contributed by atoms with van der Waals surface area (Å²) in [5.74, 6) is 1.87. The number of aromatic nitrogens is 1. The van der Waals surface area contributed by atoms with E-state index in [0.717, 1.165) is 51.0 Å². The number of rotatable bonds is 10. The lowest BCUT2D eigenvalue weighted by Crippen LogP contribution is -2.48. The van der Waals surface area contributed by atoms with Crippen LogP contribution in [0.15, 0.2) is 47.3 Å². The van der Waals surface area contributed by atoms with E-state index >= 15 is 0 Å². The van der Waals surface area contributed by atoms with Crippen LogP contribution < -0.4 is 35.0 Å². The molecule has 0 fully saturated rings. The highest BCUT2D eigenvalue weighted by atomic mass is 16.5. The Morgan fingerprint density at radius 2 is 1.76 bits per heavy atom. The summed E-state index contributed by atoms with van der Waals surface area (Å²) < 4.78 is 22.8. The number of methoxy groups -OCH3 is 4. The third-order valence-electron chi connectivity index (χ3n) is 10.2. The molecule has 264 valence electrons. The van der Waals surface area contributed by atoms with Gasteiger partial charge in [-0.25, -0.2) is 0 Å². The van der Waals surface area contributed by atoms with E-state index in [9.17, 15) is 14.4 Å². The number of nitrogens with one attached hydrogen (secondary N) is 3. The predicted octanol–water partition coefficient (Wildman–Crippen LogP) is 5.76. The number of amides is 2. The summed E-state index contributed by atoms with van der Waals surface area (Å²) >= 11 is 0. The first kappa shape index (κ1) is 34.7. The first-order valence-electron chi connectivity index (χ1n) is 17.1. The Bertz CT molecular complexity index is 2010. The summed E-state index contributed by atoms with van der Waals surface area (Å²) in [5.41, 5.74) is 6.34. The maximum Gasteiger partial charge on any atom is 0.245 e. The molecular weight excluding hydrogens is 636 g/mol. The first-order valence-corrected chi connectivity index (χ1v) is 17.1. The van der Waals surface area contributed by atoms with Crippen molar-refractivity contribution in [3.05, 3.63) is 75.1 Å². The van der Waals surface area contributed by atoms with Gasteiger partial charge in [0.25, 0.3) is 0 Å². The van der Waals surface area contributed by atoms with E-state index < -0.39 is 12.1 Å². The molecule has 2 aliphatic rings. The van der Waals surface area contributed by atoms with Gasteiger partial charge in [-0.1, -0.05) is 26.3 Å². The van der Waals surface area contributed by atoms with Gasteiger partial charge < -0.3 is 39.5 Å². The summed E-state index contributed by atoms with van der Waals surface area (Å²) in [5, 5.41) is 7.47. The molecule has 50 heavy (non-hydrogen) atoms. The van der Waals surface area contributed by atoms with Crippen LogP contribution in [0.3, 0.4) is 0 Å². The van der Waals surface area contributed by atoms with Crippen molar-refractivity contribution in [1.29, 1.82) is 0 Å². The number of fused-ring (bicyclic) bond motifs is 6. The maximum absolute atomic E-state index is 14.4. The van der Waals surface area contributed by atoms with Gasteiger partial charge in [-0.3, -0.25) is 14.4 Å². The van der Waals surface area contributed by atoms with E-state index in [0.29, 0.717) is 60.9 Å².